The molecule has 3 heterocycles. The number of fused-ring (bicyclic) bond motifs is 1. The second-order valence-electron chi connectivity index (χ2n) is 4.98. The number of hydrogen-bond acceptors (Lipinski definition) is 5. The highest BCUT2D eigenvalue weighted by Gasteiger charge is 2.20. The average Bonchev–Trinajstić information content (AvgIpc) is 2.86. The van der Waals surface area contributed by atoms with E-state index in [2.05, 4.69) is 17.2 Å². The number of rotatable bonds is 3. The van der Waals surface area contributed by atoms with Gasteiger partial charge in [0.05, 0.1) is 5.69 Å². The lowest BCUT2D eigenvalue weighted by molar-refractivity contribution is 1.04. The van der Waals surface area contributed by atoms with Gasteiger partial charge in [-0.25, -0.2) is 9.97 Å². The lowest BCUT2D eigenvalue weighted by atomic mass is 10.1. The van der Waals surface area contributed by atoms with Gasteiger partial charge in [0.2, 0.25) is 0 Å². The van der Waals surface area contributed by atoms with Crippen LogP contribution in [0.25, 0.3) is 11.4 Å². The van der Waals surface area contributed by atoms with E-state index >= 15 is 0 Å². The fourth-order valence-electron chi connectivity index (χ4n) is 2.46. The Hall–Kier alpha value is -1.62. The van der Waals surface area contributed by atoms with Crippen molar-refractivity contribution in [3.8, 4) is 11.4 Å². The van der Waals surface area contributed by atoms with E-state index < -0.39 is 0 Å². The molecule has 1 aliphatic rings. The predicted molar refractivity (Wildman–Crippen MR) is 83.9 cm³/mol. The largest absolute Gasteiger partial charge is 0.370 e. The highest BCUT2D eigenvalue weighted by molar-refractivity contribution is 7.98. The first-order valence-electron chi connectivity index (χ1n) is 6.84. The molecule has 0 fully saturated rings. The maximum atomic E-state index is 4.75. The lowest BCUT2D eigenvalue weighted by Gasteiger charge is -2.11. The second kappa shape index (κ2) is 5.40. The number of nitrogens with zero attached hydrogens (tertiary/aromatic N) is 3. The number of pyridine rings is 1. The summed E-state index contributed by atoms with van der Waals surface area (Å²) in [5.74, 6) is 3.78. The van der Waals surface area contributed by atoms with Crippen LogP contribution in [0.15, 0.2) is 12.1 Å². The molecule has 1 N–H and O–H groups in total. The third-order valence-corrected chi connectivity index (χ3v) is 4.23. The number of aromatic nitrogens is 3. The van der Waals surface area contributed by atoms with Gasteiger partial charge in [0.25, 0.3) is 0 Å². The standard InChI is InChI=1S/C15H18N4S/c1-4-16-15-12-7-20-8-13(12)18-14(19-15)11-5-9(2)17-10(3)6-11/h5-6H,4,7-8H2,1-3H3,(H,16,18,19). The Morgan fingerprint density at radius 1 is 1.10 bits per heavy atom. The van der Waals surface area contributed by atoms with Gasteiger partial charge in [-0.15, -0.1) is 0 Å². The lowest BCUT2D eigenvalue weighted by Crippen LogP contribution is -2.07. The molecule has 0 amide bonds. The monoisotopic (exact) mass is 286 g/mol. The topological polar surface area (TPSA) is 50.7 Å². The summed E-state index contributed by atoms with van der Waals surface area (Å²) in [5, 5.41) is 3.37. The van der Waals surface area contributed by atoms with E-state index in [-0.39, 0.29) is 0 Å². The van der Waals surface area contributed by atoms with E-state index in [1.54, 1.807) is 0 Å². The quantitative estimate of drug-likeness (QED) is 0.938. The maximum Gasteiger partial charge on any atom is 0.161 e. The van der Waals surface area contributed by atoms with E-state index in [9.17, 15) is 0 Å². The zero-order valence-corrected chi connectivity index (χ0v) is 12.8. The Morgan fingerprint density at radius 3 is 2.55 bits per heavy atom. The number of nitrogens with one attached hydrogen (secondary N) is 1. The summed E-state index contributed by atoms with van der Waals surface area (Å²) in [6.07, 6.45) is 0. The van der Waals surface area contributed by atoms with E-state index in [0.717, 1.165) is 46.6 Å². The summed E-state index contributed by atoms with van der Waals surface area (Å²) in [5.41, 5.74) is 5.49. The van der Waals surface area contributed by atoms with Gasteiger partial charge in [0.15, 0.2) is 5.82 Å². The Morgan fingerprint density at radius 2 is 1.85 bits per heavy atom. The molecular weight excluding hydrogens is 268 g/mol. The molecule has 2 aromatic heterocycles. The van der Waals surface area contributed by atoms with Crippen molar-refractivity contribution in [1.29, 1.82) is 0 Å². The van der Waals surface area contributed by atoms with Crippen LogP contribution in [0.4, 0.5) is 5.82 Å². The molecule has 0 spiro atoms. The molecule has 3 rings (SSSR count). The zero-order chi connectivity index (χ0) is 14.1. The van der Waals surface area contributed by atoms with Crippen LogP contribution in [-0.4, -0.2) is 21.5 Å². The molecule has 5 heteroatoms. The molecule has 0 aliphatic carbocycles. The van der Waals surface area contributed by atoms with Crippen LogP contribution >= 0.6 is 11.8 Å². The first kappa shape index (κ1) is 13.4. The van der Waals surface area contributed by atoms with Crippen molar-refractivity contribution in [2.24, 2.45) is 0 Å². The van der Waals surface area contributed by atoms with Gasteiger partial charge in [-0.1, -0.05) is 0 Å². The zero-order valence-electron chi connectivity index (χ0n) is 12.0. The highest BCUT2D eigenvalue weighted by atomic mass is 32.2. The second-order valence-corrected chi connectivity index (χ2v) is 5.97. The molecule has 0 saturated heterocycles. The molecule has 104 valence electrons. The molecule has 0 radical (unpaired) electrons. The number of hydrogen-bond donors (Lipinski definition) is 1. The fourth-order valence-corrected chi connectivity index (χ4v) is 3.50. The van der Waals surface area contributed by atoms with Crippen LogP contribution in [0.1, 0.15) is 29.6 Å². The number of thioether (sulfide) groups is 1. The summed E-state index contributed by atoms with van der Waals surface area (Å²) in [7, 11) is 0. The van der Waals surface area contributed by atoms with Gasteiger partial charge in [0.1, 0.15) is 5.82 Å². The summed E-state index contributed by atoms with van der Waals surface area (Å²) < 4.78 is 0. The maximum absolute atomic E-state index is 4.75. The van der Waals surface area contributed by atoms with E-state index in [1.165, 1.54) is 11.3 Å². The van der Waals surface area contributed by atoms with Crippen LogP contribution in [0.5, 0.6) is 0 Å². The van der Waals surface area contributed by atoms with Gasteiger partial charge < -0.3 is 5.32 Å². The molecule has 20 heavy (non-hydrogen) atoms. The van der Waals surface area contributed by atoms with Crippen molar-refractivity contribution in [1.82, 2.24) is 15.0 Å². The van der Waals surface area contributed by atoms with Gasteiger partial charge in [-0.2, -0.15) is 11.8 Å². The first-order chi connectivity index (χ1) is 9.67. The molecule has 0 saturated carbocycles. The first-order valence-corrected chi connectivity index (χ1v) is 8.00. The van der Waals surface area contributed by atoms with Crippen LogP contribution in [0.3, 0.4) is 0 Å². The molecular formula is C15H18N4S. The van der Waals surface area contributed by atoms with Crippen molar-refractivity contribution >= 4 is 17.6 Å². The molecule has 2 aromatic rings. The smallest absolute Gasteiger partial charge is 0.161 e. The van der Waals surface area contributed by atoms with E-state index in [0.29, 0.717) is 0 Å². The van der Waals surface area contributed by atoms with Crippen LogP contribution in [-0.2, 0) is 11.5 Å². The average molecular weight is 286 g/mol. The third-order valence-electron chi connectivity index (χ3n) is 3.26. The van der Waals surface area contributed by atoms with Crippen LogP contribution in [0.2, 0.25) is 0 Å². The van der Waals surface area contributed by atoms with Crippen LogP contribution in [0, 0.1) is 13.8 Å². The summed E-state index contributed by atoms with van der Waals surface area (Å²) in [6.45, 7) is 6.98. The molecule has 0 atom stereocenters. The highest BCUT2D eigenvalue weighted by Crippen LogP contribution is 2.34. The van der Waals surface area contributed by atoms with Crippen LogP contribution < -0.4 is 5.32 Å². The number of aryl methyl sites for hydroxylation is 2. The molecule has 0 unspecified atom stereocenters. The van der Waals surface area contributed by atoms with Gasteiger partial charge in [0, 0.05) is 40.6 Å². The van der Waals surface area contributed by atoms with Crippen molar-refractivity contribution in [2.75, 3.05) is 11.9 Å². The van der Waals surface area contributed by atoms with Crippen molar-refractivity contribution in [3.05, 3.63) is 34.8 Å². The summed E-state index contributed by atoms with van der Waals surface area (Å²) in [6, 6.07) is 4.10. The van der Waals surface area contributed by atoms with Gasteiger partial charge in [-0.3, -0.25) is 4.98 Å². The van der Waals surface area contributed by atoms with E-state index in [4.69, 9.17) is 9.97 Å². The minimum atomic E-state index is 0.802. The Kier molecular flexibility index (Phi) is 3.61. The van der Waals surface area contributed by atoms with Crippen molar-refractivity contribution < 1.29 is 0 Å². The Labute approximate surface area is 123 Å². The van der Waals surface area contributed by atoms with E-state index in [1.807, 2.05) is 37.7 Å². The SMILES string of the molecule is CCNc1nc(-c2cc(C)nc(C)c2)nc2c1CSC2. The summed E-state index contributed by atoms with van der Waals surface area (Å²) >= 11 is 1.90. The minimum absolute atomic E-state index is 0.802. The molecule has 0 aromatic carbocycles. The van der Waals surface area contributed by atoms with Gasteiger partial charge >= 0.3 is 0 Å². The molecule has 0 bridgehead atoms. The Balaban J connectivity index is 2.12. The third kappa shape index (κ3) is 2.50. The number of anilines is 1. The van der Waals surface area contributed by atoms with Gasteiger partial charge in [-0.05, 0) is 32.9 Å². The fraction of sp³-hybridized carbons (Fsp3) is 0.400. The molecule has 4 nitrogen and oxygen atoms in total. The predicted octanol–water partition coefficient (Wildman–Crippen LogP) is 3.33. The summed E-state index contributed by atoms with van der Waals surface area (Å²) in [4.78, 5) is 13.9. The Bertz CT molecular complexity index is 634. The van der Waals surface area contributed by atoms with Crippen molar-refractivity contribution in [3.63, 3.8) is 0 Å². The molecule has 1 aliphatic heterocycles. The normalized spacial score (nSPS) is 13.3. The van der Waals surface area contributed by atoms with Crippen molar-refractivity contribution in [2.45, 2.75) is 32.3 Å². The minimum Gasteiger partial charge on any atom is -0.370 e.